The number of pyridine rings is 2. The van der Waals surface area contributed by atoms with E-state index >= 15 is 0 Å². The van der Waals surface area contributed by atoms with E-state index in [-0.39, 0.29) is 24.3 Å². The van der Waals surface area contributed by atoms with Gasteiger partial charge in [-0.2, -0.15) is 13.2 Å². The highest BCUT2D eigenvalue weighted by Gasteiger charge is 2.33. The van der Waals surface area contributed by atoms with E-state index in [2.05, 4.69) is 50.5 Å². The molecule has 14 nitrogen and oxygen atoms in total. The Kier molecular flexibility index (Phi) is 10.2. The average molecular weight is 840 g/mol. The summed E-state index contributed by atoms with van der Waals surface area (Å²) in [5.41, 5.74) is 7.88. The molecule has 2 aliphatic heterocycles. The molecule has 59 heavy (non-hydrogen) atoms. The van der Waals surface area contributed by atoms with E-state index in [0.29, 0.717) is 51.0 Å². The van der Waals surface area contributed by atoms with Gasteiger partial charge in [-0.15, -0.1) is 22.7 Å². The molecule has 2 aliphatic carbocycles. The normalized spacial score (nSPS) is 17.5. The van der Waals surface area contributed by atoms with Crippen molar-refractivity contribution in [3.05, 3.63) is 80.6 Å². The molecular weight excluding hydrogens is 804 g/mol. The number of fused-ring (bicyclic) bond motifs is 8. The van der Waals surface area contributed by atoms with Gasteiger partial charge < -0.3 is 20.6 Å². The van der Waals surface area contributed by atoms with Gasteiger partial charge in [0.05, 0.1) is 71.4 Å². The molecule has 6 aromatic heterocycles. The number of aliphatic carboxylic acids is 1. The zero-order chi connectivity index (χ0) is 40.8. The van der Waals surface area contributed by atoms with Crippen LogP contribution in [0, 0.1) is 11.8 Å². The zero-order valence-electron chi connectivity index (χ0n) is 31.6. The summed E-state index contributed by atoms with van der Waals surface area (Å²) in [5, 5.41) is 18.0. The van der Waals surface area contributed by atoms with Crippen LogP contribution in [0.25, 0.3) is 20.4 Å². The maximum Gasteiger partial charge on any atom is 0.390 e. The van der Waals surface area contributed by atoms with Crippen molar-refractivity contribution in [3.8, 4) is 0 Å². The van der Waals surface area contributed by atoms with Crippen LogP contribution < -0.4 is 10.6 Å². The largest absolute Gasteiger partial charge is 0.481 e. The molecule has 10 rings (SSSR count). The third-order valence-corrected chi connectivity index (χ3v) is 13.3. The summed E-state index contributed by atoms with van der Waals surface area (Å²) >= 11 is 3.09. The molecule has 19 heteroatoms. The fourth-order valence-corrected chi connectivity index (χ4v) is 10.5. The highest BCUT2D eigenvalue weighted by molar-refractivity contribution is 7.19. The molecule has 2 atom stereocenters. The first-order valence-corrected chi connectivity index (χ1v) is 20.7. The number of aliphatic imine (C=N–C) groups is 2. The number of alkyl halides is 3. The number of carbonyl (C=O) groups is 2. The van der Waals surface area contributed by atoms with Gasteiger partial charge in [0.15, 0.2) is 0 Å². The van der Waals surface area contributed by atoms with Gasteiger partial charge in [-0.25, -0.2) is 19.9 Å². The number of thiophene rings is 2. The Morgan fingerprint density at radius 3 is 1.80 bits per heavy atom. The standard InChI is InChI=1S/C22H21F3N6OS.C18H15N5O2S/c1-31(5-4-22(23,24)25)21(32)12-2-3-15-17(7-12)33-20-18(15)19(28-11-29-20)30-14-6-13-8-26-10-16(13)27-9-14;24-18(25)9-1-2-12-14(4-9)26-17-15(12)16(21-8-22-17)23-11-3-10-5-19-7-13(10)20-6-11/h6,8-9,11-12H,2-5,7,10H2,1H3,(H,28,29,30);3,5-6,8-9H,1-2,4,7H2,(H,24,25)(H,21,22,23)/t12-;9-/m00/s1. The van der Waals surface area contributed by atoms with E-state index in [0.717, 1.165) is 81.9 Å². The Hall–Kier alpha value is -5.95. The molecule has 8 heterocycles. The van der Waals surface area contributed by atoms with Crippen LogP contribution in [0.4, 0.5) is 36.2 Å². The average Bonchev–Trinajstić information content (AvgIpc) is 4.03. The first kappa shape index (κ1) is 38.6. The molecule has 0 saturated carbocycles. The van der Waals surface area contributed by atoms with Crippen molar-refractivity contribution in [3.63, 3.8) is 0 Å². The molecule has 302 valence electrons. The first-order chi connectivity index (χ1) is 28.5. The highest BCUT2D eigenvalue weighted by atomic mass is 32.1. The van der Waals surface area contributed by atoms with E-state index < -0.39 is 18.6 Å². The van der Waals surface area contributed by atoms with Gasteiger partial charge >= 0.3 is 12.1 Å². The second-order valence-electron chi connectivity index (χ2n) is 14.9. The number of rotatable bonds is 8. The maximum absolute atomic E-state index is 12.7. The zero-order valence-corrected chi connectivity index (χ0v) is 33.2. The van der Waals surface area contributed by atoms with E-state index in [1.165, 1.54) is 35.2 Å². The van der Waals surface area contributed by atoms with Crippen molar-refractivity contribution in [1.29, 1.82) is 0 Å². The number of nitrogens with zero attached hydrogens (tertiary/aromatic N) is 9. The Labute approximate surface area is 342 Å². The van der Waals surface area contributed by atoms with Crippen LogP contribution in [-0.2, 0) is 48.4 Å². The molecule has 4 aliphatic rings. The summed E-state index contributed by atoms with van der Waals surface area (Å²) in [6, 6.07) is 4.00. The summed E-state index contributed by atoms with van der Waals surface area (Å²) in [6.07, 6.45) is 8.66. The van der Waals surface area contributed by atoms with Crippen LogP contribution in [0.2, 0.25) is 0 Å². The summed E-state index contributed by atoms with van der Waals surface area (Å²) in [4.78, 5) is 64.2. The van der Waals surface area contributed by atoms with Crippen molar-refractivity contribution in [1.82, 2.24) is 34.8 Å². The number of hydrogen-bond donors (Lipinski definition) is 3. The molecule has 0 saturated heterocycles. The topological polar surface area (TPSA) is 184 Å². The predicted molar refractivity (Wildman–Crippen MR) is 219 cm³/mol. The lowest BCUT2D eigenvalue weighted by Gasteiger charge is -2.27. The number of amides is 1. The van der Waals surface area contributed by atoms with Crippen LogP contribution >= 0.6 is 22.7 Å². The van der Waals surface area contributed by atoms with Gasteiger partial charge in [-0.3, -0.25) is 29.5 Å². The van der Waals surface area contributed by atoms with Crippen molar-refractivity contribution in [2.45, 2.75) is 64.2 Å². The Bertz CT molecular complexity index is 2700. The van der Waals surface area contributed by atoms with Crippen LogP contribution in [0.1, 0.15) is 62.7 Å². The molecule has 0 fully saturated rings. The summed E-state index contributed by atoms with van der Waals surface area (Å²) < 4.78 is 37.6. The van der Waals surface area contributed by atoms with E-state index in [9.17, 15) is 27.9 Å². The molecule has 6 aromatic rings. The van der Waals surface area contributed by atoms with Crippen molar-refractivity contribution in [2.24, 2.45) is 21.8 Å². The number of carbonyl (C=O) groups excluding carboxylic acids is 1. The molecule has 0 aromatic carbocycles. The second-order valence-corrected chi connectivity index (χ2v) is 17.0. The number of aryl methyl sites for hydroxylation is 2. The SMILES string of the molecule is CN(CCC(F)(F)F)C(=O)[C@H]1CCc2c(sc3ncnc(Nc4cnc5c(c4)C=NC5)c23)C1.O=C(O)[C@H]1CCc2c(sc3ncnc(Nc4cnc5c(c4)C=NC5)c23)C1. The number of nitrogens with one attached hydrogen (secondary N) is 2. The predicted octanol–water partition coefficient (Wildman–Crippen LogP) is 7.23. The minimum absolute atomic E-state index is 0.238. The minimum Gasteiger partial charge on any atom is -0.481 e. The van der Waals surface area contributed by atoms with E-state index in [4.69, 9.17) is 0 Å². The molecule has 0 spiro atoms. The molecule has 0 radical (unpaired) electrons. The molecule has 1 amide bonds. The van der Waals surface area contributed by atoms with Gasteiger partial charge in [0.25, 0.3) is 0 Å². The van der Waals surface area contributed by atoms with Crippen LogP contribution in [0.15, 0.2) is 47.2 Å². The monoisotopic (exact) mass is 839 g/mol. The smallest absolute Gasteiger partial charge is 0.390 e. The number of carboxylic acid groups (broad SMARTS) is 1. The van der Waals surface area contributed by atoms with Gasteiger partial charge in [0.2, 0.25) is 5.91 Å². The fraction of sp³-hybridized carbons (Fsp3) is 0.350. The van der Waals surface area contributed by atoms with Crippen molar-refractivity contribution >= 4 is 90.4 Å². The number of halogens is 3. The van der Waals surface area contributed by atoms with Gasteiger partial charge in [0.1, 0.15) is 34.0 Å². The van der Waals surface area contributed by atoms with Crippen LogP contribution in [0.5, 0.6) is 0 Å². The van der Waals surface area contributed by atoms with Gasteiger partial charge in [0, 0.05) is 52.8 Å². The summed E-state index contributed by atoms with van der Waals surface area (Å²) in [5.74, 6) is -0.159. The lowest BCUT2D eigenvalue weighted by Crippen LogP contribution is -2.37. The second kappa shape index (κ2) is 15.7. The highest BCUT2D eigenvalue weighted by Crippen LogP contribution is 2.42. The third-order valence-electron chi connectivity index (χ3n) is 11.0. The minimum atomic E-state index is -4.27. The number of carboxylic acids is 1. The summed E-state index contributed by atoms with van der Waals surface area (Å²) in [6.45, 7) is 0.907. The Morgan fingerprint density at radius 2 is 1.29 bits per heavy atom. The van der Waals surface area contributed by atoms with E-state index in [1.807, 2.05) is 18.3 Å². The molecule has 0 unspecified atom stereocenters. The lowest BCUT2D eigenvalue weighted by atomic mass is 9.87. The third kappa shape index (κ3) is 7.95. The van der Waals surface area contributed by atoms with Crippen molar-refractivity contribution < 1.29 is 27.9 Å². The van der Waals surface area contributed by atoms with Gasteiger partial charge in [-0.1, -0.05) is 0 Å². The van der Waals surface area contributed by atoms with Crippen LogP contribution in [-0.4, -0.2) is 84.0 Å². The van der Waals surface area contributed by atoms with Gasteiger partial charge in [-0.05, 0) is 61.8 Å². The van der Waals surface area contributed by atoms with Crippen molar-refractivity contribution in [2.75, 3.05) is 24.2 Å². The van der Waals surface area contributed by atoms with E-state index in [1.54, 1.807) is 36.3 Å². The first-order valence-electron chi connectivity index (χ1n) is 19.0. The molecule has 0 bridgehead atoms. The number of aromatic nitrogens is 6. The summed E-state index contributed by atoms with van der Waals surface area (Å²) in [7, 11) is 1.44. The maximum atomic E-state index is 12.7. The quantitative estimate of drug-likeness (QED) is 0.141. The van der Waals surface area contributed by atoms with Crippen LogP contribution in [0.3, 0.4) is 0 Å². The molecule has 3 N–H and O–H groups in total. The number of anilines is 4. The molecular formula is C40H36F3N11O3S2. The number of hydrogen-bond acceptors (Lipinski definition) is 14. The fourth-order valence-electron chi connectivity index (χ4n) is 7.93. The lowest BCUT2D eigenvalue weighted by molar-refractivity contribution is -0.146. The Morgan fingerprint density at radius 1 is 0.780 bits per heavy atom. The Balaban J connectivity index is 0.000000156.